The van der Waals surface area contributed by atoms with Crippen LogP contribution in [0.4, 0.5) is 5.82 Å². The lowest BCUT2D eigenvalue weighted by Gasteiger charge is -2.05. The van der Waals surface area contributed by atoms with Crippen molar-refractivity contribution in [2.75, 3.05) is 5.32 Å². The zero-order valence-electron chi connectivity index (χ0n) is 14.1. The minimum absolute atomic E-state index is 0.0138. The van der Waals surface area contributed by atoms with Crippen LogP contribution in [-0.4, -0.2) is 36.5 Å². The quantitative estimate of drug-likeness (QED) is 0.664. The van der Waals surface area contributed by atoms with Gasteiger partial charge in [0.25, 0.3) is 5.91 Å². The van der Waals surface area contributed by atoms with Crippen molar-refractivity contribution in [1.82, 2.24) is 19.6 Å². The van der Waals surface area contributed by atoms with Gasteiger partial charge in [-0.2, -0.15) is 10.2 Å². The van der Waals surface area contributed by atoms with E-state index in [4.69, 9.17) is 0 Å². The minimum atomic E-state index is -1.22. The molecule has 0 atom stereocenters. The van der Waals surface area contributed by atoms with Crippen molar-refractivity contribution < 1.29 is 14.7 Å². The van der Waals surface area contributed by atoms with Crippen molar-refractivity contribution in [2.24, 2.45) is 7.05 Å². The number of aryl methyl sites for hydroxylation is 2. The summed E-state index contributed by atoms with van der Waals surface area (Å²) in [5.41, 5.74) is 1.75. The van der Waals surface area contributed by atoms with E-state index in [9.17, 15) is 14.7 Å². The van der Waals surface area contributed by atoms with E-state index in [0.29, 0.717) is 12.4 Å². The van der Waals surface area contributed by atoms with Crippen molar-refractivity contribution >= 4 is 33.6 Å². The van der Waals surface area contributed by atoms with Gasteiger partial charge in [-0.1, -0.05) is 28.1 Å². The van der Waals surface area contributed by atoms with Crippen LogP contribution in [0.5, 0.6) is 0 Å². The third-order valence-electron chi connectivity index (χ3n) is 3.85. The molecule has 0 spiro atoms. The summed E-state index contributed by atoms with van der Waals surface area (Å²) < 4.78 is 3.91. The van der Waals surface area contributed by atoms with Crippen molar-refractivity contribution in [3.63, 3.8) is 0 Å². The normalized spacial score (nSPS) is 10.7. The van der Waals surface area contributed by atoms with Gasteiger partial charge in [0.2, 0.25) is 0 Å². The number of anilines is 1. The van der Waals surface area contributed by atoms with Crippen LogP contribution in [0.1, 0.15) is 32.1 Å². The number of carboxylic acids is 1. The van der Waals surface area contributed by atoms with Crippen LogP contribution in [0, 0.1) is 6.92 Å². The standard InChI is InChI=1S/C17H16BrN5O3/c1-10-7-14(21-23(10)9-11-3-5-12(18)6-4-11)20-16(24)13-8-19-22(2)15(13)17(25)26/h3-8H,9H2,1-2H3,(H,25,26)(H,20,21,24). The fourth-order valence-corrected chi connectivity index (χ4v) is 2.80. The number of carbonyl (C=O) groups is 2. The molecule has 3 aromatic rings. The smallest absolute Gasteiger partial charge is 0.354 e. The third kappa shape index (κ3) is 3.67. The van der Waals surface area contributed by atoms with Crippen LogP contribution >= 0.6 is 15.9 Å². The van der Waals surface area contributed by atoms with Gasteiger partial charge < -0.3 is 10.4 Å². The molecule has 0 aliphatic rings. The van der Waals surface area contributed by atoms with E-state index in [0.717, 1.165) is 20.4 Å². The molecule has 0 radical (unpaired) electrons. The molecule has 3 rings (SSSR count). The molecule has 8 nitrogen and oxygen atoms in total. The molecular formula is C17H16BrN5O3. The molecule has 134 valence electrons. The summed E-state index contributed by atoms with van der Waals surface area (Å²) in [5, 5.41) is 20.1. The predicted molar refractivity (Wildman–Crippen MR) is 98.3 cm³/mol. The van der Waals surface area contributed by atoms with Gasteiger partial charge in [-0.15, -0.1) is 0 Å². The number of carbonyl (C=O) groups excluding carboxylic acids is 1. The van der Waals surface area contributed by atoms with Crippen molar-refractivity contribution in [2.45, 2.75) is 13.5 Å². The van der Waals surface area contributed by atoms with Crippen molar-refractivity contribution in [3.8, 4) is 0 Å². The molecule has 26 heavy (non-hydrogen) atoms. The van der Waals surface area contributed by atoms with Crippen LogP contribution in [0.25, 0.3) is 0 Å². The average Bonchev–Trinajstić information content (AvgIpc) is 3.12. The van der Waals surface area contributed by atoms with Gasteiger partial charge in [0.15, 0.2) is 11.5 Å². The van der Waals surface area contributed by atoms with E-state index in [1.165, 1.54) is 13.2 Å². The average molecular weight is 418 g/mol. The lowest BCUT2D eigenvalue weighted by Crippen LogP contribution is -2.17. The second-order valence-corrected chi connectivity index (χ2v) is 6.66. The first kappa shape index (κ1) is 17.9. The summed E-state index contributed by atoms with van der Waals surface area (Å²) in [7, 11) is 1.47. The SMILES string of the molecule is Cc1cc(NC(=O)c2cnn(C)c2C(=O)O)nn1Cc1ccc(Br)cc1. The largest absolute Gasteiger partial charge is 0.477 e. The highest BCUT2D eigenvalue weighted by Crippen LogP contribution is 2.16. The Balaban J connectivity index is 1.78. The minimum Gasteiger partial charge on any atom is -0.477 e. The van der Waals surface area contributed by atoms with Gasteiger partial charge in [-0.3, -0.25) is 14.2 Å². The molecule has 0 saturated carbocycles. The molecule has 1 amide bonds. The van der Waals surface area contributed by atoms with Crippen LogP contribution < -0.4 is 5.32 Å². The molecule has 2 N–H and O–H groups in total. The maximum absolute atomic E-state index is 12.4. The van der Waals surface area contributed by atoms with Crippen molar-refractivity contribution in [3.05, 3.63) is 63.5 Å². The molecule has 0 unspecified atom stereocenters. The summed E-state index contributed by atoms with van der Waals surface area (Å²) in [6.07, 6.45) is 1.23. The lowest BCUT2D eigenvalue weighted by molar-refractivity contribution is 0.0680. The van der Waals surface area contributed by atoms with E-state index in [1.54, 1.807) is 10.7 Å². The molecule has 9 heteroatoms. The second-order valence-electron chi connectivity index (χ2n) is 5.74. The van der Waals surface area contributed by atoms with E-state index in [2.05, 4.69) is 31.4 Å². The van der Waals surface area contributed by atoms with Gasteiger partial charge >= 0.3 is 5.97 Å². The Morgan fingerprint density at radius 1 is 1.27 bits per heavy atom. The molecule has 0 aliphatic heterocycles. The fourth-order valence-electron chi connectivity index (χ4n) is 2.54. The lowest BCUT2D eigenvalue weighted by atomic mass is 10.2. The summed E-state index contributed by atoms with van der Waals surface area (Å²) in [5.74, 6) is -1.43. The zero-order valence-corrected chi connectivity index (χ0v) is 15.7. The Morgan fingerprint density at radius 3 is 2.62 bits per heavy atom. The number of halogens is 1. The van der Waals surface area contributed by atoms with Crippen LogP contribution in [-0.2, 0) is 13.6 Å². The number of hydrogen-bond donors (Lipinski definition) is 2. The number of carboxylic acid groups (broad SMARTS) is 1. The van der Waals surface area contributed by atoms with Gasteiger partial charge in [-0.05, 0) is 24.6 Å². The first-order valence-corrected chi connectivity index (χ1v) is 8.50. The number of nitrogens with zero attached hydrogens (tertiary/aromatic N) is 4. The number of nitrogens with one attached hydrogen (secondary N) is 1. The zero-order chi connectivity index (χ0) is 18.8. The molecule has 0 bridgehead atoms. The highest BCUT2D eigenvalue weighted by Gasteiger charge is 2.22. The summed E-state index contributed by atoms with van der Waals surface area (Å²) >= 11 is 3.40. The fraction of sp³-hybridized carbons (Fsp3) is 0.176. The maximum Gasteiger partial charge on any atom is 0.354 e. The Kier molecular flexibility index (Phi) is 4.90. The van der Waals surface area contributed by atoms with Gasteiger partial charge in [0.05, 0.1) is 18.3 Å². The van der Waals surface area contributed by atoms with Gasteiger partial charge in [0, 0.05) is 23.3 Å². The Bertz CT molecular complexity index is 975. The van der Waals surface area contributed by atoms with Crippen LogP contribution in [0.2, 0.25) is 0 Å². The number of hydrogen-bond acceptors (Lipinski definition) is 4. The van der Waals surface area contributed by atoms with Gasteiger partial charge in [0.1, 0.15) is 0 Å². The number of aromatic nitrogens is 4. The molecule has 2 heterocycles. The molecular weight excluding hydrogens is 402 g/mol. The van der Waals surface area contributed by atoms with E-state index in [1.807, 2.05) is 31.2 Å². The van der Waals surface area contributed by atoms with E-state index in [-0.39, 0.29) is 11.3 Å². The van der Waals surface area contributed by atoms with Crippen molar-refractivity contribution in [1.29, 1.82) is 0 Å². The Labute approximate surface area is 157 Å². The second kappa shape index (κ2) is 7.12. The summed E-state index contributed by atoms with van der Waals surface area (Å²) in [6, 6.07) is 9.60. The molecule has 1 aromatic carbocycles. The van der Waals surface area contributed by atoms with E-state index >= 15 is 0 Å². The van der Waals surface area contributed by atoms with Crippen LogP contribution in [0.15, 0.2) is 41.0 Å². The molecule has 2 aromatic heterocycles. The Morgan fingerprint density at radius 2 is 1.96 bits per heavy atom. The number of aromatic carboxylic acids is 1. The number of benzene rings is 1. The molecule has 0 aliphatic carbocycles. The maximum atomic E-state index is 12.4. The Hall–Kier alpha value is -2.94. The summed E-state index contributed by atoms with van der Waals surface area (Å²) in [4.78, 5) is 23.7. The number of amides is 1. The molecule has 0 fully saturated rings. The number of rotatable bonds is 5. The highest BCUT2D eigenvalue weighted by molar-refractivity contribution is 9.10. The topological polar surface area (TPSA) is 102 Å². The third-order valence-corrected chi connectivity index (χ3v) is 4.38. The molecule has 0 saturated heterocycles. The van der Waals surface area contributed by atoms with Crippen LogP contribution in [0.3, 0.4) is 0 Å². The first-order valence-electron chi connectivity index (χ1n) is 7.70. The van der Waals surface area contributed by atoms with Gasteiger partial charge in [-0.25, -0.2) is 4.79 Å². The monoisotopic (exact) mass is 417 g/mol. The van der Waals surface area contributed by atoms with E-state index < -0.39 is 11.9 Å². The first-order chi connectivity index (χ1) is 12.3. The highest BCUT2D eigenvalue weighted by atomic mass is 79.9. The predicted octanol–water partition coefficient (Wildman–Crippen LogP) is 2.69. The summed E-state index contributed by atoms with van der Waals surface area (Å²) in [6.45, 7) is 2.44.